The van der Waals surface area contributed by atoms with E-state index >= 15 is 0 Å². The first-order valence-corrected chi connectivity index (χ1v) is 7.10. The van der Waals surface area contributed by atoms with Crippen LogP contribution in [0.25, 0.3) is 0 Å². The fraction of sp³-hybridized carbons (Fsp3) is 0.600. The molecule has 1 heterocycles. The Hall–Kier alpha value is -1.20. The highest BCUT2D eigenvalue weighted by Gasteiger charge is 2.17. The summed E-state index contributed by atoms with van der Waals surface area (Å²) in [6.45, 7) is 0.123. The molecule has 0 aliphatic carbocycles. The van der Waals surface area contributed by atoms with Crippen LogP contribution in [-0.4, -0.2) is 37.7 Å². The number of rotatable bonds is 6. The van der Waals surface area contributed by atoms with Gasteiger partial charge in [-0.1, -0.05) is 18.6 Å². The third kappa shape index (κ3) is 4.72. The number of piperidine rings is 1. The molecule has 1 N–H and O–H groups in total. The molecule has 1 fully saturated rings. The summed E-state index contributed by atoms with van der Waals surface area (Å²) in [5.74, 6) is 0.204. The molecular weight excluding hydrogens is 262 g/mol. The second-order valence-electron chi connectivity index (χ2n) is 5.28. The molecule has 1 aromatic rings. The smallest absolute Gasteiger partial charge is 0.387 e. The second kappa shape index (κ2) is 7.55. The minimum absolute atomic E-state index is 0.204. The first-order chi connectivity index (χ1) is 9.65. The van der Waals surface area contributed by atoms with Crippen molar-refractivity contribution in [3.63, 3.8) is 0 Å². The average Bonchev–Trinajstić information content (AvgIpc) is 2.42. The fourth-order valence-electron chi connectivity index (χ4n) is 2.57. The molecule has 3 nitrogen and oxygen atoms in total. The molecule has 0 radical (unpaired) electrons. The SMILES string of the molecule is CN1CCCCC1CNCc1ccc(OC(F)F)cc1. The Labute approximate surface area is 118 Å². The number of alkyl halides is 2. The zero-order chi connectivity index (χ0) is 14.4. The molecule has 0 bridgehead atoms. The lowest BCUT2D eigenvalue weighted by molar-refractivity contribution is -0.0498. The summed E-state index contributed by atoms with van der Waals surface area (Å²) in [4.78, 5) is 2.40. The highest BCUT2D eigenvalue weighted by Crippen LogP contribution is 2.16. The van der Waals surface area contributed by atoms with Crippen LogP contribution >= 0.6 is 0 Å². The first-order valence-electron chi connectivity index (χ1n) is 7.10. The average molecular weight is 284 g/mol. The Bertz CT molecular complexity index is 397. The Kier molecular flexibility index (Phi) is 5.73. The van der Waals surface area contributed by atoms with E-state index in [1.807, 2.05) is 12.1 Å². The number of likely N-dealkylation sites (N-methyl/N-ethyl adjacent to an activating group) is 1. The van der Waals surface area contributed by atoms with Gasteiger partial charge in [-0.05, 0) is 44.1 Å². The normalized spacial score (nSPS) is 20.3. The van der Waals surface area contributed by atoms with Crippen molar-refractivity contribution in [1.29, 1.82) is 0 Å². The van der Waals surface area contributed by atoms with E-state index < -0.39 is 6.61 Å². The summed E-state index contributed by atoms with van der Waals surface area (Å²) >= 11 is 0. The molecule has 1 aliphatic heterocycles. The summed E-state index contributed by atoms with van der Waals surface area (Å²) in [6, 6.07) is 7.39. The van der Waals surface area contributed by atoms with E-state index in [2.05, 4.69) is 22.0 Å². The Morgan fingerprint density at radius 2 is 2.05 bits per heavy atom. The van der Waals surface area contributed by atoms with Crippen LogP contribution in [0.2, 0.25) is 0 Å². The van der Waals surface area contributed by atoms with Crippen LogP contribution in [0.3, 0.4) is 0 Å². The number of hydrogen-bond donors (Lipinski definition) is 1. The zero-order valence-corrected chi connectivity index (χ0v) is 11.8. The van der Waals surface area contributed by atoms with Crippen LogP contribution in [0.4, 0.5) is 8.78 Å². The molecule has 112 valence electrons. The minimum Gasteiger partial charge on any atom is -0.435 e. The van der Waals surface area contributed by atoms with Crippen LogP contribution in [-0.2, 0) is 6.54 Å². The van der Waals surface area contributed by atoms with Gasteiger partial charge < -0.3 is 15.0 Å². The largest absolute Gasteiger partial charge is 0.435 e. The van der Waals surface area contributed by atoms with Crippen molar-refractivity contribution in [2.45, 2.75) is 38.5 Å². The maximum absolute atomic E-state index is 12.0. The number of hydrogen-bond acceptors (Lipinski definition) is 3. The molecule has 1 atom stereocenters. The van der Waals surface area contributed by atoms with Gasteiger partial charge in [-0.25, -0.2) is 0 Å². The quantitative estimate of drug-likeness (QED) is 0.869. The van der Waals surface area contributed by atoms with Crippen LogP contribution in [0.1, 0.15) is 24.8 Å². The number of benzene rings is 1. The van der Waals surface area contributed by atoms with E-state index in [0.29, 0.717) is 6.04 Å². The minimum atomic E-state index is -2.76. The molecule has 0 aromatic heterocycles. The third-order valence-corrected chi connectivity index (χ3v) is 3.78. The van der Waals surface area contributed by atoms with Gasteiger partial charge in [0, 0.05) is 19.1 Å². The number of nitrogens with zero attached hydrogens (tertiary/aromatic N) is 1. The van der Waals surface area contributed by atoms with Crippen molar-refractivity contribution < 1.29 is 13.5 Å². The van der Waals surface area contributed by atoms with Crippen molar-refractivity contribution in [2.24, 2.45) is 0 Å². The van der Waals surface area contributed by atoms with E-state index in [9.17, 15) is 8.78 Å². The lowest BCUT2D eigenvalue weighted by atomic mass is 10.0. The van der Waals surface area contributed by atoms with Crippen molar-refractivity contribution in [3.05, 3.63) is 29.8 Å². The van der Waals surface area contributed by atoms with E-state index in [1.165, 1.54) is 25.8 Å². The van der Waals surface area contributed by atoms with Gasteiger partial charge in [-0.15, -0.1) is 0 Å². The lowest BCUT2D eigenvalue weighted by Gasteiger charge is -2.32. The van der Waals surface area contributed by atoms with Crippen LogP contribution in [0.5, 0.6) is 5.75 Å². The fourth-order valence-corrected chi connectivity index (χ4v) is 2.57. The highest BCUT2D eigenvalue weighted by molar-refractivity contribution is 5.27. The number of likely N-dealkylation sites (tertiary alicyclic amines) is 1. The van der Waals surface area contributed by atoms with E-state index in [1.54, 1.807) is 12.1 Å². The van der Waals surface area contributed by atoms with Gasteiger partial charge in [0.1, 0.15) is 5.75 Å². The molecule has 1 unspecified atom stereocenters. The van der Waals surface area contributed by atoms with Gasteiger partial charge in [-0.2, -0.15) is 8.78 Å². The van der Waals surface area contributed by atoms with Crippen molar-refractivity contribution in [2.75, 3.05) is 20.1 Å². The Morgan fingerprint density at radius 3 is 2.70 bits per heavy atom. The molecule has 1 aromatic carbocycles. The van der Waals surface area contributed by atoms with Crippen molar-refractivity contribution in [1.82, 2.24) is 10.2 Å². The molecule has 0 spiro atoms. The van der Waals surface area contributed by atoms with Gasteiger partial charge in [0.25, 0.3) is 0 Å². The standard InChI is InChI=1S/C15H22F2N2O/c1-19-9-3-2-4-13(19)11-18-10-12-5-7-14(8-6-12)20-15(16)17/h5-8,13,15,18H,2-4,9-11H2,1H3. The number of halogens is 2. The summed E-state index contributed by atoms with van der Waals surface area (Å²) in [5, 5.41) is 3.43. The molecule has 5 heteroatoms. The van der Waals surface area contributed by atoms with Crippen LogP contribution in [0.15, 0.2) is 24.3 Å². The monoisotopic (exact) mass is 284 g/mol. The molecule has 0 amide bonds. The van der Waals surface area contributed by atoms with Crippen LogP contribution < -0.4 is 10.1 Å². The van der Waals surface area contributed by atoms with Crippen LogP contribution in [0, 0.1) is 0 Å². The molecule has 2 rings (SSSR count). The van der Waals surface area contributed by atoms with E-state index in [0.717, 1.165) is 18.7 Å². The third-order valence-electron chi connectivity index (χ3n) is 3.78. The molecule has 0 saturated carbocycles. The highest BCUT2D eigenvalue weighted by atomic mass is 19.3. The summed E-state index contributed by atoms with van der Waals surface area (Å²) in [7, 11) is 2.17. The molecule has 20 heavy (non-hydrogen) atoms. The Morgan fingerprint density at radius 1 is 1.30 bits per heavy atom. The van der Waals surface area contributed by atoms with Crippen molar-refractivity contribution in [3.8, 4) is 5.75 Å². The number of nitrogens with one attached hydrogen (secondary N) is 1. The van der Waals surface area contributed by atoms with Crippen molar-refractivity contribution >= 4 is 0 Å². The lowest BCUT2D eigenvalue weighted by Crippen LogP contribution is -2.42. The first kappa shape index (κ1) is 15.2. The number of ether oxygens (including phenoxy) is 1. The van der Waals surface area contributed by atoms with Gasteiger partial charge in [0.05, 0.1) is 0 Å². The van der Waals surface area contributed by atoms with Gasteiger partial charge in [0.15, 0.2) is 0 Å². The maximum atomic E-state index is 12.0. The van der Waals surface area contributed by atoms with E-state index in [-0.39, 0.29) is 5.75 Å². The Balaban J connectivity index is 1.73. The topological polar surface area (TPSA) is 24.5 Å². The summed E-state index contributed by atoms with van der Waals surface area (Å²) < 4.78 is 28.4. The maximum Gasteiger partial charge on any atom is 0.387 e. The van der Waals surface area contributed by atoms with Gasteiger partial charge in [-0.3, -0.25) is 0 Å². The predicted molar refractivity (Wildman–Crippen MR) is 75.0 cm³/mol. The second-order valence-corrected chi connectivity index (χ2v) is 5.28. The summed E-state index contributed by atoms with van der Waals surface area (Å²) in [5.41, 5.74) is 1.07. The molecule has 1 saturated heterocycles. The zero-order valence-electron chi connectivity index (χ0n) is 11.8. The molecule has 1 aliphatic rings. The van der Waals surface area contributed by atoms with Gasteiger partial charge in [0.2, 0.25) is 0 Å². The summed E-state index contributed by atoms with van der Waals surface area (Å²) in [6.07, 6.45) is 3.83. The van der Waals surface area contributed by atoms with Gasteiger partial charge >= 0.3 is 6.61 Å². The molecular formula is C15H22F2N2O. The van der Waals surface area contributed by atoms with E-state index in [4.69, 9.17) is 0 Å². The predicted octanol–water partition coefficient (Wildman–Crippen LogP) is 2.86.